The van der Waals surface area contributed by atoms with Crippen LogP contribution in [0.4, 0.5) is 0 Å². The van der Waals surface area contributed by atoms with Crippen molar-refractivity contribution in [1.82, 2.24) is 0 Å². The van der Waals surface area contributed by atoms with Crippen LogP contribution in [0.15, 0.2) is 42.7 Å². The van der Waals surface area contributed by atoms with Gasteiger partial charge in [-0.15, -0.1) is 0 Å². The molecule has 1 rings (SSSR count). The lowest BCUT2D eigenvalue weighted by Gasteiger charge is -2.26. The fourth-order valence-corrected chi connectivity index (χ4v) is 4.54. The van der Waals surface area contributed by atoms with Crippen LogP contribution in [-0.2, 0) is 10.8 Å². The predicted octanol–water partition coefficient (Wildman–Crippen LogP) is 5.15. The van der Waals surface area contributed by atoms with E-state index < -0.39 is 8.32 Å². The second-order valence-corrected chi connectivity index (χ2v) is 9.48. The summed E-state index contributed by atoms with van der Waals surface area (Å²) in [5, 5.41) is 0. The molecule has 1 aromatic rings. The van der Waals surface area contributed by atoms with Gasteiger partial charge in [-0.25, -0.2) is 0 Å². The molecule has 1 nitrogen and oxygen atoms in total. The van der Waals surface area contributed by atoms with Crippen LogP contribution in [0.25, 0.3) is 0 Å². The molecule has 0 aromatic heterocycles. The van der Waals surface area contributed by atoms with Gasteiger partial charge in [0.2, 0.25) is 8.32 Å². The van der Waals surface area contributed by atoms with Crippen LogP contribution in [0.1, 0.15) is 32.8 Å². The quantitative estimate of drug-likeness (QED) is 0.465. The van der Waals surface area contributed by atoms with Crippen LogP contribution in [0.2, 0.25) is 18.1 Å². The van der Waals surface area contributed by atoms with Crippen molar-refractivity contribution < 1.29 is 4.43 Å². The van der Waals surface area contributed by atoms with Gasteiger partial charge in [0, 0.05) is 0 Å². The minimum Gasteiger partial charge on any atom is -0.549 e. The Morgan fingerprint density at radius 2 is 1.61 bits per heavy atom. The van der Waals surface area contributed by atoms with E-state index in [-0.39, 0.29) is 0 Å². The maximum Gasteiger partial charge on any atom is 0.249 e. The van der Waals surface area contributed by atoms with Crippen LogP contribution >= 0.6 is 0 Å². The van der Waals surface area contributed by atoms with Gasteiger partial charge >= 0.3 is 0 Å². The van der Waals surface area contributed by atoms with E-state index in [2.05, 4.69) is 57.2 Å². The van der Waals surface area contributed by atoms with E-state index >= 15 is 0 Å². The number of aryl methyl sites for hydroxylation is 1. The molecule has 0 radical (unpaired) electrons. The molecule has 18 heavy (non-hydrogen) atoms. The molecule has 1 aromatic carbocycles. The van der Waals surface area contributed by atoms with E-state index in [0.717, 1.165) is 12.8 Å². The second kappa shape index (κ2) is 8.14. The molecular formula is C16H26OSi. The van der Waals surface area contributed by atoms with Crippen molar-refractivity contribution >= 4 is 8.32 Å². The van der Waals surface area contributed by atoms with Crippen molar-refractivity contribution in [2.24, 2.45) is 0 Å². The van der Waals surface area contributed by atoms with Crippen LogP contribution in [0, 0.1) is 0 Å². The zero-order valence-electron chi connectivity index (χ0n) is 12.0. The molecule has 0 aliphatic heterocycles. The Bertz CT molecular complexity index is 333. The van der Waals surface area contributed by atoms with Crippen molar-refractivity contribution in [3.8, 4) is 0 Å². The van der Waals surface area contributed by atoms with Gasteiger partial charge in [0.15, 0.2) is 0 Å². The van der Waals surface area contributed by atoms with Crippen LogP contribution < -0.4 is 0 Å². The number of rotatable bonds is 8. The van der Waals surface area contributed by atoms with E-state index in [1.165, 1.54) is 23.7 Å². The van der Waals surface area contributed by atoms with Crippen LogP contribution in [0.3, 0.4) is 0 Å². The average molecular weight is 262 g/mol. The number of hydrogen-bond acceptors (Lipinski definition) is 1. The van der Waals surface area contributed by atoms with Crippen molar-refractivity contribution in [1.29, 1.82) is 0 Å². The Morgan fingerprint density at radius 3 is 2.17 bits per heavy atom. The maximum atomic E-state index is 6.07. The summed E-state index contributed by atoms with van der Waals surface area (Å²) in [6.45, 7) is 6.78. The minimum atomic E-state index is -1.43. The average Bonchev–Trinajstić information content (AvgIpc) is 2.45. The number of allylic oxidation sites excluding steroid dienone is 1. The molecule has 0 amide bonds. The third-order valence-corrected chi connectivity index (χ3v) is 8.29. The molecule has 0 heterocycles. The highest BCUT2D eigenvalue weighted by molar-refractivity contribution is 6.73. The SMILES string of the molecule is CC[Si](CC)(CC)O/C=C\CCc1ccccc1. The molecule has 0 saturated heterocycles. The van der Waals surface area contributed by atoms with E-state index in [1.807, 2.05) is 6.26 Å². The Morgan fingerprint density at radius 1 is 1.00 bits per heavy atom. The molecule has 0 atom stereocenters. The highest BCUT2D eigenvalue weighted by Gasteiger charge is 2.28. The van der Waals surface area contributed by atoms with Gasteiger partial charge in [-0.2, -0.15) is 0 Å². The molecule has 0 spiro atoms. The zero-order chi connectivity index (χ0) is 13.3. The summed E-state index contributed by atoms with van der Waals surface area (Å²) in [5.41, 5.74) is 1.40. The summed E-state index contributed by atoms with van der Waals surface area (Å²) in [4.78, 5) is 0. The molecule has 2 heteroatoms. The smallest absolute Gasteiger partial charge is 0.249 e. The Balaban J connectivity index is 2.33. The first-order valence-corrected chi connectivity index (χ1v) is 9.66. The molecule has 0 saturated carbocycles. The van der Waals surface area contributed by atoms with Gasteiger partial charge in [0.1, 0.15) is 0 Å². The Labute approximate surface area is 113 Å². The summed E-state index contributed by atoms with van der Waals surface area (Å²) in [7, 11) is -1.43. The monoisotopic (exact) mass is 262 g/mol. The van der Waals surface area contributed by atoms with Gasteiger partial charge in [-0.05, 0) is 36.5 Å². The van der Waals surface area contributed by atoms with Gasteiger partial charge in [-0.1, -0.05) is 57.2 Å². The third-order valence-electron chi connectivity index (χ3n) is 3.79. The van der Waals surface area contributed by atoms with Gasteiger partial charge in [0.05, 0.1) is 6.26 Å². The first-order valence-electron chi connectivity index (χ1n) is 7.13. The molecule has 0 bridgehead atoms. The molecule has 0 N–H and O–H groups in total. The predicted molar refractivity (Wildman–Crippen MR) is 82.2 cm³/mol. The Kier molecular flexibility index (Phi) is 6.80. The molecule has 0 fully saturated rings. The van der Waals surface area contributed by atoms with E-state index in [1.54, 1.807) is 0 Å². The topological polar surface area (TPSA) is 9.23 Å². The number of benzene rings is 1. The third kappa shape index (κ3) is 4.69. The van der Waals surface area contributed by atoms with Gasteiger partial charge in [-0.3, -0.25) is 0 Å². The second-order valence-electron chi connectivity index (χ2n) is 4.76. The summed E-state index contributed by atoms with van der Waals surface area (Å²) < 4.78 is 6.07. The molecule has 0 aliphatic carbocycles. The van der Waals surface area contributed by atoms with Crippen molar-refractivity contribution in [3.63, 3.8) is 0 Å². The van der Waals surface area contributed by atoms with Crippen LogP contribution in [0.5, 0.6) is 0 Å². The lowest BCUT2D eigenvalue weighted by atomic mass is 10.1. The standard InChI is InChI=1S/C16H26OSi/c1-4-18(5-2,6-3)17-15-11-10-14-16-12-8-7-9-13-16/h7-9,11-13,15H,4-6,10,14H2,1-3H3/b15-11-. The first kappa shape index (κ1) is 15.0. The van der Waals surface area contributed by atoms with Crippen molar-refractivity contribution in [2.45, 2.75) is 51.7 Å². The molecular weight excluding hydrogens is 236 g/mol. The van der Waals surface area contributed by atoms with E-state index in [0.29, 0.717) is 0 Å². The van der Waals surface area contributed by atoms with Gasteiger partial charge in [0.25, 0.3) is 0 Å². The van der Waals surface area contributed by atoms with Crippen molar-refractivity contribution in [3.05, 3.63) is 48.2 Å². The first-order chi connectivity index (χ1) is 8.76. The van der Waals surface area contributed by atoms with E-state index in [9.17, 15) is 0 Å². The molecule has 0 unspecified atom stereocenters. The summed E-state index contributed by atoms with van der Waals surface area (Å²) in [6, 6.07) is 14.2. The Hall–Kier alpha value is -1.02. The van der Waals surface area contributed by atoms with E-state index in [4.69, 9.17) is 4.43 Å². The minimum absolute atomic E-state index is 1.06. The summed E-state index contributed by atoms with van der Waals surface area (Å²) in [6.07, 6.45) is 6.30. The normalized spacial score (nSPS) is 11.9. The summed E-state index contributed by atoms with van der Waals surface area (Å²) in [5.74, 6) is 0. The molecule has 0 aliphatic rings. The summed E-state index contributed by atoms with van der Waals surface area (Å²) >= 11 is 0. The highest BCUT2D eigenvalue weighted by atomic mass is 28.4. The largest absolute Gasteiger partial charge is 0.549 e. The zero-order valence-corrected chi connectivity index (χ0v) is 13.0. The lowest BCUT2D eigenvalue weighted by Crippen LogP contribution is -2.33. The lowest BCUT2D eigenvalue weighted by molar-refractivity contribution is 0.455. The van der Waals surface area contributed by atoms with Crippen molar-refractivity contribution in [2.75, 3.05) is 0 Å². The number of hydrogen-bond donors (Lipinski definition) is 0. The fraction of sp³-hybridized carbons (Fsp3) is 0.500. The molecule has 100 valence electrons. The van der Waals surface area contributed by atoms with Crippen LogP contribution in [-0.4, -0.2) is 8.32 Å². The van der Waals surface area contributed by atoms with Gasteiger partial charge < -0.3 is 4.43 Å². The maximum absolute atomic E-state index is 6.07. The highest BCUT2D eigenvalue weighted by Crippen LogP contribution is 2.21. The fourth-order valence-electron chi connectivity index (χ4n) is 2.16.